The van der Waals surface area contributed by atoms with Crippen molar-refractivity contribution in [3.63, 3.8) is 0 Å². The van der Waals surface area contributed by atoms with Crippen LogP contribution in [0.15, 0.2) is 18.5 Å². The van der Waals surface area contributed by atoms with Crippen molar-refractivity contribution in [1.29, 1.82) is 0 Å². The van der Waals surface area contributed by atoms with Gasteiger partial charge >= 0.3 is 0 Å². The number of halogens is 2. The Kier molecular flexibility index (Phi) is 3.04. The summed E-state index contributed by atoms with van der Waals surface area (Å²) in [5.41, 5.74) is 0.845. The summed E-state index contributed by atoms with van der Waals surface area (Å²) in [6.07, 6.45) is 2.84. The predicted octanol–water partition coefficient (Wildman–Crippen LogP) is 2.95. The molecule has 2 atom stereocenters. The number of nitrogens with zero attached hydrogens (tertiary/aromatic N) is 1. The average Bonchev–Trinajstić information content (AvgIpc) is 2.03. The van der Waals surface area contributed by atoms with Gasteiger partial charge in [-0.05, 0) is 24.5 Å². The van der Waals surface area contributed by atoms with Gasteiger partial charge in [0, 0.05) is 11.6 Å². The van der Waals surface area contributed by atoms with Gasteiger partial charge in [-0.25, -0.2) is 4.39 Å². The van der Waals surface area contributed by atoms with E-state index in [2.05, 4.69) is 4.98 Å². The van der Waals surface area contributed by atoms with Crippen molar-refractivity contribution in [2.24, 2.45) is 0 Å². The lowest BCUT2D eigenvalue weighted by Gasteiger charge is -2.12. The van der Waals surface area contributed by atoms with Crippen LogP contribution in [0.3, 0.4) is 0 Å². The maximum atomic E-state index is 12.7. The lowest BCUT2D eigenvalue weighted by atomic mass is 10.0. The minimum Gasteiger partial charge on any atom is -0.261 e. The molecule has 1 aromatic heterocycles. The van der Waals surface area contributed by atoms with E-state index in [0.717, 1.165) is 5.56 Å². The van der Waals surface area contributed by atoms with Gasteiger partial charge in [0.15, 0.2) is 0 Å². The zero-order valence-electron chi connectivity index (χ0n) is 7.09. The smallest absolute Gasteiger partial charge is 0.141 e. The molecule has 0 N–H and O–H groups in total. The fourth-order valence-corrected chi connectivity index (χ4v) is 1.09. The number of aromatic nitrogens is 1. The standard InChI is InChI=1S/C9H11ClFN/c1-6(7(2)10)8-3-9(11)5-12-4-8/h3-7H,1-2H3. The lowest BCUT2D eigenvalue weighted by Crippen LogP contribution is -2.05. The Hall–Kier alpha value is -0.630. The normalized spacial score (nSPS) is 15.7. The molecule has 0 aromatic carbocycles. The number of rotatable bonds is 2. The molecule has 0 saturated heterocycles. The third kappa shape index (κ3) is 2.18. The van der Waals surface area contributed by atoms with Gasteiger partial charge in [-0.1, -0.05) is 6.92 Å². The SMILES string of the molecule is CC(Cl)C(C)c1cncc(F)c1. The van der Waals surface area contributed by atoms with Crippen molar-refractivity contribution >= 4 is 11.6 Å². The fourth-order valence-electron chi connectivity index (χ4n) is 0.942. The third-order valence-corrected chi connectivity index (χ3v) is 2.32. The molecule has 0 bridgehead atoms. The molecule has 66 valence electrons. The second-order valence-electron chi connectivity index (χ2n) is 2.90. The molecule has 1 heterocycles. The van der Waals surface area contributed by atoms with Gasteiger partial charge in [-0.2, -0.15) is 0 Å². The largest absolute Gasteiger partial charge is 0.261 e. The Morgan fingerprint density at radius 3 is 2.58 bits per heavy atom. The highest BCUT2D eigenvalue weighted by Crippen LogP contribution is 2.22. The van der Waals surface area contributed by atoms with E-state index in [0.29, 0.717) is 0 Å². The number of hydrogen-bond acceptors (Lipinski definition) is 1. The molecule has 0 saturated carbocycles. The van der Waals surface area contributed by atoms with Crippen LogP contribution in [0.2, 0.25) is 0 Å². The van der Waals surface area contributed by atoms with E-state index in [9.17, 15) is 4.39 Å². The Balaban J connectivity index is 2.88. The van der Waals surface area contributed by atoms with Gasteiger partial charge in [0.05, 0.1) is 6.20 Å². The van der Waals surface area contributed by atoms with Crippen LogP contribution in [-0.4, -0.2) is 10.4 Å². The van der Waals surface area contributed by atoms with E-state index < -0.39 is 0 Å². The van der Waals surface area contributed by atoms with Crippen LogP contribution in [0.25, 0.3) is 0 Å². The molecule has 0 aliphatic rings. The van der Waals surface area contributed by atoms with Crippen LogP contribution in [0.5, 0.6) is 0 Å². The Bertz CT molecular complexity index is 262. The molecular formula is C9H11ClFN. The van der Waals surface area contributed by atoms with E-state index in [-0.39, 0.29) is 17.1 Å². The van der Waals surface area contributed by atoms with Gasteiger partial charge in [0.2, 0.25) is 0 Å². The molecule has 12 heavy (non-hydrogen) atoms. The topological polar surface area (TPSA) is 12.9 Å². The molecule has 3 heteroatoms. The van der Waals surface area contributed by atoms with E-state index in [1.54, 1.807) is 6.20 Å². The predicted molar refractivity (Wildman–Crippen MR) is 47.9 cm³/mol. The van der Waals surface area contributed by atoms with Gasteiger partial charge in [-0.3, -0.25) is 4.98 Å². The zero-order valence-corrected chi connectivity index (χ0v) is 7.85. The van der Waals surface area contributed by atoms with E-state index in [1.165, 1.54) is 12.3 Å². The van der Waals surface area contributed by atoms with Crippen molar-refractivity contribution in [3.05, 3.63) is 29.8 Å². The highest BCUT2D eigenvalue weighted by Gasteiger charge is 2.12. The molecule has 1 nitrogen and oxygen atoms in total. The van der Waals surface area contributed by atoms with Crippen LogP contribution in [0, 0.1) is 5.82 Å². The molecule has 0 fully saturated rings. The minimum absolute atomic E-state index is 0.00593. The maximum Gasteiger partial charge on any atom is 0.141 e. The molecule has 0 amide bonds. The van der Waals surface area contributed by atoms with E-state index in [1.807, 2.05) is 13.8 Å². The molecular weight excluding hydrogens is 177 g/mol. The first-order valence-corrected chi connectivity index (χ1v) is 4.29. The van der Waals surface area contributed by atoms with Crippen molar-refractivity contribution in [1.82, 2.24) is 4.98 Å². The average molecular weight is 188 g/mol. The summed E-state index contributed by atoms with van der Waals surface area (Å²) in [7, 11) is 0. The minimum atomic E-state index is -0.309. The summed E-state index contributed by atoms with van der Waals surface area (Å²) >= 11 is 5.86. The fraction of sp³-hybridized carbons (Fsp3) is 0.444. The van der Waals surface area contributed by atoms with Crippen LogP contribution in [0.4, 0.5) is 4.39 Å². The van der Waals surface area contributed by atoms with Crippen molar-refractivity contribution in [2.45, 2.75) is 25.1 Å². The third-order valence-electron chi connectivity index (χ3n) is 1.94. The second-order valence-corrected chi connectivity index (χ2v) is 3.59. The summed E-state index contributed by atoms with van der Waals surface area (Å²) in [6.45, 7) is 3.84. The lowest BCUT2D eigenvalue weighted by molar-refractivity contribution is 0.612. The quantitative estimate of drug-likeness (QED) is 0.649. The first kappa shape index (κ1) is 9.46. The van der Waals surface area contributed by atoms with E-state index >= 15 is 0 Å². The van der Waals surface area contributed by atoms with Gasteiger partial charge in [-0.15, -0.1) is 11.6 Å². The Morgan fingerprint density at radius 2 is 2.08 bits per heavy atom. The monoisotopic (exact) mass is 187 g/mol. The number of alkyl halides is 1. The van der Waals surface area contributed by atoms with Crippen molar-refractivity contribution in [3.8, 4) is 0 Å². The molecule has 0 aliphatic heterocycles. The Morgan fingerprint density at radius 1 is 1.42 bits per heavy atom. The van der Waals surface area contributed by atoms with Crippen LogP contribution in [0.1, 0.15) is 25.3 Å². The maximum absolute atomic E-state index is 12.7. The van der Waals surface area contributed by atoms with Crippen LogP contribution >= 0.6 is 11.6 Å². The van der Waals surface area contributed by atoms with Gasteiger partial charge in [0.1, 0.15) is 5.82 Å². The highest BCUT2D eigenvalue weighted by molar-refractivity contribution is 6.20. The molecule has 0 spiro atoms. The summed E-state index contributed by atoms with van der Waals surface area (Å²) in [6, 6.07) is 1.47. The molecule has 0 aliphatic carbocycles. The van der Waals surface area contributed by atoms with Gasteiger partial charge in [0.25, 0.3) is 0 Å². The summed E-state index contributed by atoms with van der Waals surface area (Å²) in [5.74, 6) is -0.175. The Labute approximate surface area is 76.6 Å². The zero-order chi connectivity index (χ0) is 9.14. The van der Waals surface area contributed by atoms with Crippen molar-refractivity contribution in [2.75, 3.05) is 0 Å². The summed E-state index contributed by atoms with van der Waals surface area (Å²) < 4.78 is 12.7. The van der Waals surface area contributed by atoms with Crippen LogP contribution in [-0.2, 0) is 0 Å². The molecule has 2 unspecified atom stereocenters. The first-order valence-electron chi connectivity index (χ1n) is 3.86. The molecule has 0 radical (unpaired) electrons. The molecule has 1 rings (SSSR count). The number of pyridine rings is 1. The van der Waals surface area contributed by atoms with Crippen molar-refractivity contribution < 1.29 is 4.39 Å². The number of hydrogen-bond donors (Lipinski definition) is 0. The highest BCUT2D eigenvalue weighted by atomic mass is 35.5. The first-order chi connectivity index (χ1) is 5.61. The second kappa shape index (κ2) is 3.85. The summed E-state index contributed by atoms with van der Waals surface area (Å²) in [4.78, 5) is 3.75. The molecule has 1 aromatic rings. The summed E-state index contributed by atoms with van der Waals surface area (Å²) in [5, 5.41) is -0.00593. The van der Waals surface area contributed by atoms with Crippen LogP contribution < -0.4 is 0 Å². The van der Waals surface area contributed by atoms with E-state index in [4.69, 9.17) is 11.6 Å². The van der Waals surface area contributed by atoms with Gasteiger partial charge < -0.3 is 0 Å².